The normalized spacial score (nSPS) is 15.2. The second kappa shape index (κ2) is 8.18. The zero-order valence-electron chi connectivity index (χ0n) is 17.6. The van der Waals surface area contributed by atoms with Crippen LogP contribution in [0.4, 0.5) is 24.8 Å². The zero-order valence-corrected chi connectivity index (χ0v) is 17.6. The molecule has 1 amide bonds. The molecule has 1 aliphatic rings. The van der Waals surface area contributed by atoms with Gasteiger partial charge in [0.05, 0.1) is 11.9 Å². The van der Waals surface area contributed by atoms with Crippen molar-refractivity contribution in [2.24, 2.45) is 0 Å². The molecule has 4 heterocycles. The van der Waals surface area contributed by atoms with Crippen LogP contribution in [-0.4, -0.2) is 30.0 Å². The molecule has 0 saturated heterocycles. The summed E-state index contributed by atoms with van der Waals surface area (Å²) in [6.45, 7) is 0.344. The molecule has 0 saturated carbocycles. The van der Waals surface area contributed by atoms with Gasteiger partial charge in [0.25, 0.3) is 5.91 Å². The maximum absolute atomic E-state index is 13.2. The SMILES string of the molecule is Nc1ncc([C@H]2C=Cc3nc(NC(=O)c4ccc(-n5ccnc5)cc4)cn3C2)cc1C(F)(F)F. The number of rotatable bonds is 4. The number of allylic oxidation sites excluding steroid dienone is 1. The Bertz CT molecular complexity index is 1370. The molecule has 0 spiro atoms. The summed E-state index contributed by atoms with van der Waals surface area (Å²) in [5, 5.41) is 2.76. The monoisotopic (exact) mass is 465 g/mol. The number of aromatic nitrogens is 5. The van der Waals surface area contributed by atoms with Gasteiger partial charge in [0.1, 0.15) is 11.6 Å². The lowest BCUT2D eigenvalue weighted by atomic mass is 9.96. The molecule has 3 aromatic heterocycles. The van der Waals surface area contributed by atoms with E-state index >= 15 is 0 Å². The van der Waals surface area contributed by atoms with Crippen molar-refractivity contribution in [3.8, 4) is 5.69 Å². The highest BCUT2D eigenvalue weighted by atomic mass is 19.4. The number of benzene rings is 1. The average Bonchev–Trinajstić information content (AvgIpc) is 3.48. The number of nitrogens with two attached hydrogens (primary N) is 1. The van der Waals surface area contributed by atoms with E-state index in [0.29, 0.717) is 29.3 Å². The van der Waals surface area contributed by atoms with E-state index in [1.165, 1.54) is 6.20 Å². The van der Waals surface area contributed by atoms with Crippen molar-refractivity contribution < 1.29 is 18.0 Å². The standard InChI is InChI=1S/C23H18F3N7O/c24-23(25,26)18-9-16(10-29-21(18)27)15-3-6-20-30-19(12-33(20)11-15)31-22(34)14-1-4-17(5-2-14)32-8-7-28-13-32/h1-10,12-13,15H,11H2,(H2,27,29)(H,31,34)/t15-/m0/s1. The first-order valence-corrected chi connectivity index (χ1v) is 10.3. The van der Waals surface area contributed by atoms with E-state index in [-0.39, 0.29) is 11.8 Å². The van der Waals surface area contributed by atoms with Gasteiger partial charge >= 0.3 is 6.18 Å². The molecule has 0 aliphatic carbocycles. The quantitative estimate of drug-likeness (QED) is 0.472. The van der Waals surface area contributed by atoms with Crippen molar-refractivity contribution in [3.63, 3.8) is 0 Å². The van der Waals surface area contributed by atoms with Crippen LogP contribution in [-0.2, 0) is 12.7 Å². The number of halogens is 3. The maximum atomic E-state index is 13.2. The van der Waals surface area contributed by atoms with Crippen molar-refractivity contribution in [3.05, 3.63) is 90.0 Å². The predicted molar refractivity (Wildman–Crippen MR) is 119 cm³/mol. The van der Waals surface area contributed by atoms with E-state index < -0.39 is 17.6 Å². The molecule has 1 atom stereocenters. The number of nitrogens with one attached hydrogen (secondary N) is 1. The van der Waals surface area contributed by atoms with Gasteiger partial charge in [0, 0.05) is 48.5 Å². The van der Waals surface area contributed by atoms with Gasteiger partial charge in [-0.1, -0.05) is 6.08 Å². The number of hydrogen-bond donors (Lipinski definition) is 2. The van der Waals surface area contributed by atoms with Crippen LogP contribution >= 0.6 is 0 Å². The topological polar surface area (TPSA) is 104 Å². The molecule has 3 N–H and O–H groups in total. The number of alkyl halides is 3. The number of hydrogen-bond acceptors (Lipinski definition) is 5. The lowest BCUT2D eigenvalue weighted by molar-refractivity contribution is -0.137. The molecule has 0 radical (unpaired) electrons. The van der Waals surface area contributed by atoms with Crippen LogP contribution in [0.5, 0.6) is 0 Å². The van der Waals surface area contributed by atoms with E-state index in [2.05, 4.69) is 20.3 Å². The summed E-state index contributed by atoms with van der Waals surface area (Å²) in [5.41, 5.74) is 6.16. The van der Waals surface area contributed by atoms with Crippen LogP contribution in [0.1, 0.15) is 33.2 Å². The van der Waals surface area contributed by atoms with Gasteiger partial charge in [-0.15, -0.1) is 0 Å². The van der Waals surface area contributed by atoms with Crippen LogP contribution in [0, 0.1) is 0 Å². The van der Waals surface area contributed by atoms with E-state index in [9.17, 15) is 18.0 Å². The second-order valence-electron chi connectivity index (χ2n) is 7.77. The number of imidazole rings is 2. The Morgan fingerprint density at radius 2 is 2.00 bits per heavy atom. The molecule has 5 rings (SSSR count). The van der Waals surface area contributed by atoms with Crippen molar-refractivity contribution in [1.82, 2.24) is 24.1 Å². The van der Waals surface area contributed by atoms with Gasteiger partial charge in [-0.3, -0.25) is 4.79 Å². The summed E-state index contributed by atoms with van der Waals surface area (Å²) in [5.74, 6) is -0.305. The maximum Gasteiger partial charge on any atom is 0.419 e. The van der Waals surface area contributed by atoms with Gasteiger partial charge in [0.15, 0.2) is 5.82 Å². The Morgan fingerprint density at radius 1 is 1.21 bits per heavy atom. The first-order chi connectivity index (χ1) is 16.3. The van der Waals surface area contributed by atoms with E-state index in [4.69, 9.17) is 5.73 Å². The number of anilines is 2. The van der Waals surface area contributed by atoms with Gasteiger partial charge in [-0.25, -0.2) is 15.0 Å². The second-order valence-corrected chi connectivity index (χ2v) is 7.77. The fourth-order valence-electron chi connectivity index (χ4n) is 3.77. The third kappa shape index (κ3) is 4.15. The average molecular weight is 465 g/mol. The highest BCUT2D eigenvalue weighted by molar-refractivity contribution is 6.03. The van der Waals surface area contributed by atoms with Crippen LogP contribution in [0.2, 0.25) is 0 Å². The minimum atomic E-state index is -4.58. The first-order valence-electron chi connectivity index (χ1n) is 10.3. The number of amides is 1. The first kappa shape index (κ1) is 21.4. The van der Waals surface area contributed by atoms with E-state index in [1.54, 1.807) is 65.9 Å². The lowest BCUT2D eigenvalue weighted by Gasteiger charge is -2.20. The summed E-state index contributed by atoms with van der Waals surface area (Å²) in [6, 6.07) is 8.03. The molecule has 0 bridgehead atoms. The number of pyridine rings is 1. The molecule has 1 aliphatic heterocycles. The molecule has 1 aromatic carbocycles. The molecule has 0 unspecified atom stereocenters. The van der Waals surface area contributed by atoms with Crippen LogP contribution in [0.3, 0.4) is 0 Å². The Kier molecular flexibility index (Phi) is 5.16. The minimum Gasteiger partial charge on any atom is -0.383 e. The van der Waals surface area contributed by atoms with Gasteiger partial charge in [0.2, 0.25) is 0 Å². The van der Waals surface area contributed by atoms with Crippen molar-refractivity contribution in [2.75, 3.05) is 11.1 Å². The van der Waals surface area contributed by atoms with Crippen LogP contribution < -0.4 is 11.1 Å². The Balaban J connectivity index is 1.30. The molecule has 172 valence electrons. The fourth-order valence-corrected chi connectivity index (χ4v) is 3.77. The number of nitrogen functional groups attached to an aromatic ring is 1. The van der Waals surface area contributed by atoms with Gasteiger partial charge < -0.3 is 20.2 Å². The Labute approximate surface area is 191 Å². The fraction of sp³-hybridized carbons (Fsp3) is 0.130. The number of fused-ring (bicyclic) bond motifs is 1. The van der Waals surface area contributed by atoms with Crippen LogP contribution in [0.25, 0.3) is 11.8 Å². The molecule has 34 heavy (non-hydrogen) atoms. The summed E-state index contributed by atoms with van der Waals surface area (Å²) in [4.78, 5) is 24.7. The summed E-state index contributed by atoms with van der Waals surface area (Å²) < 4.78 is 43.2. The van der Waals surface area contributed by atoms with Gasteiger partial charge in [-0.2, -0.15) is 13.2 Å². The van der Waals surface area contributed by atoms with E-state index in [1.807, 2.05) is 4.57 Å². The predicted octanol–water partition coefficient (Wildman–Crippen LogP) is 4.13. The van der Waals surface area contributed by atoms with Crippen molar-refractivity contribution in [2.45, 2.75) is 18.6 Å². The molecule has 0 fully saturated rings. The van der Waals surface area contributed by atoms with E-state index in [0.717, 1.165) is 11.8 Å². The molecule has 11 heteroatoms. The summed E-state index contributed by atoms with van der Waals surface area (Å²) >= 11 is 0. The molecular weight excluding hydrogens is 447 g/mol. The van der Waals surface area contributed by atoms with Crippen molar-refractivity contribution in [1.29, 1.82) is 0 Å². The smallest absolute Gasteiger partial charge is 0.383 e. The zero-order chi connectivity index (χ0) is 23.9. The molecule has 4 aromatic rings. The summed E-state index contributed by atoms with van der Waals surface area (Å²) in [6.07, 6.45) is 7.00. The number of carbonyl (C=O) groups excluding carboxylic acids is 1. The van der Waals surface area contributed by atoms with Gasteiger partial charge in [-0.05, 0) is 42.0 Å². The lowest BCUT2D eigenvalue weighted by Crippen LogP contribution is -2.15. The largest absolute Gasteiger partial charge is 0.419 e. The molecule has 8 nitrogen and oxygen atoms in total. The third-order valence-electron chi connectivity index (χ3n) is 5.53. The third-order valence-corrected chi connectivity index (χ3v) is 5.53. The van der Waals surface area contributed by atoms with Crippen molar-refractivity contribution >= 4 is 23.6 Å². The Hall–Kier alpha value is -4.41. The summed E-state index contributed by atoms with van der Waals surface area (Å²) in [7, 11) is 0. The highest BCUT2D eigenvalue weighted by Gasteiger charge is 2.34. The highest BCUT2D eigenvalue weighted by Crippen LogP contribution is 2.35. The minimum absolute atomic E-state index is 0.328. The number of carbonyl (C=O) groups is 1. The number of nitrogens with zero attached hydrogens (tertiary/aromatic N) is 5. The van der Waals surface area contributed by atoms with Crippen LogP contribution in [0.15, 0.2) is 67.5 Å². The molecular formula is C23H18F3N7O. The Morgan fingerprint density at radius 3 is 2.71 bits per heavy atom.